The molecule has 31 heavy (non-hydrogen) atoms. The molecule has 0 aromatic heterocycles. The van der Waals surface area contributed by atoms with Gasteiger partial charge in [0, 0.05) is 28.8 Å². The average Bonchev–Trinajstić information content (AvgIpc) is 2.77. The van der Waals surface area contributed by atoms with Crippen LogP contribution >= 0.6 is 0 Å². The Morgan fingerprint density at radius 3 is 1.74 bits per heavy atom. The first kappa shape index (κ1) is 20.1. The molecule has 0 unspecified atom stereocenters. The molecule has 0 saturated heterocycles. The Morgan fingerprint density at radius 1 is 0.581 bits per heavy atom. The van der Waals surface area contributed by atoms with Crippen LogP contribution in [0.15, 0.2) is 72.8 Å². The van der Waals surface area contributed by atoms with Crippen molar-refractivity contribution in [3.05, 3.63) is 113 Å². The lowest BCUT2D eigenvalue weighted by molar-refractivity contribution is 0.406. The van der Waals surface area contributed by atoms with Crippen molar-refractivity contribution in [3.8, 4) is 29.4 Å². The Kier molecular flexibility index (Phi) is 5.65. The summed E-state index contributed by atoms with van der Waals surface area (Å²) in [5.74, 6) is 9.71. The zero-order valence-corrected chi connectivity index (χ0v) is 16.5. The van der Waals surface area contributed by atoms with Gasteiger partial charge >= 0.3 is 0 Å². The number of ether oxygens (including phenoxy) is 1. The highest BCUT2D eigenvalue weighted by Crippen LogP contribution is 2.20. The monoisotopic (exact) mass is 412 g/mol. The average molecular weight is 412 g/mol. The normalized spacial score (nSPS) is 10.1. The molecular weight excluding hydrogens is 397 g/mol. The SMILES string of the molecule is COc1cc(F)c(C#Cc2ccc(C#Cc3ccc4cc(F)ccc4c3)cc2)c(F)c1. The number of fused-ring (bicyclic) bond motifs is 1. The van der Waals surface area contributed by atoms with E-state index in [-0.39, 0.29) is 17.1 Å². The predicted octanol–water partition coefficient (Wildman–Crippen LogP) is 6.07. The summed E-state index contributed by atoms with van der Waals surface area (Å²) < 4.78 is 46.1. The van der Waals surface area contributed by atoms with E-state index in [9.17, 15) is 13.2 Å². The van der Waals surface area contributed by atoms with Crippen LogP contribution in [0.5, 0.6) is 5.75 Å². The summed E-state index contributed by atoms with van der Waals surface area (Å²) in [7, 11) is 1.34. The summed E-state index contributed by atoms with van der Waals surface area (Å²) in [6, 6.07) is 19.4. The smallest absolute Gasteiger partial charge is 0.145 e. The fourth-order valence-corrected chi connectivity index (χ4v) is 3.00. The summed E-state index contributed by atoms with van der Waals surface area (Å²) in [5.41, 5.74) is 1.88. The van der Waals surface area contributed by atoms with E-state index in [0.29, 0.717) is 5.56 Å². The molecule has 150 valence electrons. The van der Waals surface area contributed by atoms with Crippen LogP contribution in [0.1, 0.15) is 22.3 Å². The number of hydrogen-bond acceptors (Lipinski definition) is 1. The van der Waals surface area contributed by atoms with Gasteiger partial charge in [-0.25, -0.2) is 13.2 Å². The van der Waals surface area contributed by atoms with Gasteiger partial charge in [0.05, 0.1) is 12.7 Å². The van der Waals surface area contributed by atoms with E-state index in [1.807, 2.05) is 18.2 Å². The third-order valence-corrected chi connectivity index (χ3v) is 4.62. The molecule has 4 aromatic rings. The Morgan fingerprint density at radius 2 is 1.10 bits per heavy atom. The van der Waals surface area contributed by atoms with Gasteiger partial charge in [-0.1, -0.05) is 35.8 Å². The van der Waals surface area contributed by atoms with Crippen molar-refractivity contribution in [1.82, 2.24) is 0 Å². The Bertz CT molecular complexity index is 1380. The number of methoxy groups -OCH3 is 1. The minimum Gasteiger partial charge on any atom is -0.497 e. The van der Waals surface area contributed by atoms with Crippen molar-refractivity contribution < 1.29 is 17.9 Å². The molecule has 0 aliphatic heterocycles. The van der Waals surface area contributed by atoms with Gasteiger partial charge in [0.15, 0.2) is 0 Å². The van der Waals surface area contributed by atoms with Crippen molar-refractivity contribution in [2.24, 2.45) is 0 Å². The molecule has 4 heteroatoms. The van der Waals surface area contributed by atoms with E-state index in [2.05, 4.69) is 23.7 Å². The van der Waals surface area contributed by atoms with E-state index in [1.54, 1.807) is 30.3 Å². The van der Waals surface area contributed by atoms with Crippen LogP contribution in [0, 0.1) is 41.1 Å². The summed E-state index contributed by atoms with van der Waals surface area (Å²) in [4.78, 5) is 0. The molecule has 0 saturated carbocycles. The first-order valence-electron chi connectivity index (χ1n) is 9.38. The van der Waals surface area contributed by atoms with Crippen molar-refractivity contribution in [2.75, 3.05) is 7.11 Å². The molecule has 0 aliphatic carbocycles. The van der Waals surface area contributed by atoms with Gasteiger partial charge in [-0.15, -0.1) is 0 Å². The Balaban J connectivity index is 1.53. The molecule has 4 aromatic carbocycles. The van der Waals surface area contributed by atoms with E-state index >= 15 is 0 Å². The van der Waals surface area contributed by atoms with Gasteiger partial charge in [0.2, 0.25) is 0 Å². The molecule has 0 bridgehead atoms. The molecule has 0 spiro atoms. The number of halogens is 3. The van der Waals surface area contributed by atoms with Crippen molar-refractivity contribution in [1.29, 1.82) is 0 Å². The topological polar surface area (TPSA) is 9.23 Å². The predicted molar refractivity (Wildman–Crippen MR) is 115 cm³/mol. The molecule has 0 atom stereocenters. The summed E-state index contributed by atoms with van der Waals surface area (Å²) >= 11 is 0. The van der Waals surface area contributed by atoms with Crippen LogP contribution in [0.25, 0.3) is 10.8 Å². The second kappa shape index (κ2) is 8.69. The van der Waals surface area contributed by atoms with Gasteiger partial charge < -0.3 is 4.74 Å². The van der Waals surface area contributed by atoms with Gasteiger partial charge in [-0.05, 0) is 59.3 Å². The maximum Gasteiger partial charge on any atom is 0.145 e. The van der Waals surface area contributed by atoms with E-state index in [4.69, 9.17) is 4.74 Å². The Hall–Kier alpha value is -4.15. The van der Waals surface area contributed by atoms with Gasteiger partial charge in [0.1, 0.15) is 23.2 Å². The zero-order valence-electron chi connectivity index (χ0n) is 16.5. The van der Waals surface area contributed by atoms with Crippen LogP contribution in [-0.4, -0.2) is 7.11 Å². The second-order valence-corrected chi connectivity index (χ2v) is 6.75. The van der Waals surface area contributed by atoms with E-state index in [1.165, 1.54) is 19.2 Å². The first-order valence-corrected chi connectivity index (χ1v) is 9.38. The van der Waals surface area contributed by atoms with E-state index in [0.717, 1.165) is 34.0 Å². The van der Waals surface area contributed by atoms with Crippen molar-refractivity contribution in [2.45, 2.75) is 0 Å². The first-order chi connectivity index (χ1) is 15.0. The summed E-state index contributed by atoms with van der Waals surface area (Å²) in [6.45, 7) is 0. The third-order valence-electron chi connectivity index (χ3n) is 4.62. The molecule has 1 nitrogen and oxygen atoms in total. The highest BCUT2D eigenvalue weighted by atomic mass is 19.1. The minimum absolute atomic E-state index is 0.0991. The van der Waals surface area contributed by atoms with Gasteiger partial charge in [0.25, 0.3) is 0 Å². The van der Waals surface area contributed by atoms with E-state index < -0.39 is 11.6 Å². The summed E-state index contributed by atoms with van der Waals surface area (Å²) in [6.07, 6.45) is 0. The van der Waals surface area contributed by atoms with Gasteiger partial charge in [-0.3, -0.25) is 0 Å². The van der Waals surface area contributed by atoms with Crippen LogP contribution in [-0.2, 0) is 0 Å². The lowest BCUT2D eigenvalue weighted by Gasteiger charge is -2.02. The largest absolute Gasteiger partial charge is 0.497 e. The highest BCUT2D eigenvalue weighted by molar-refractivity contribution is 5.84. The molecule has 0 N–H and O–H groups in total. The number of rotatable bonds is 1. The second-order valence-electron chi connectivity index (χ2n) is 6.75. The molecule has 0 radical (unpaired) electrons. The molecule has 4 rings (SSSR count). The van der Waals surface area contributed by atoms with Gasteiger partial charge in [-0.2, -0.15) is 0 Å². The number of benzene rings is 4. The molecular formula is C27H15F3O. The van der Waals surface area contributed by atoms with Crippen LogP contribution in [0.2, 0.25) is 0 Å². The maximum atomic E-state index is 14.0. The van der Waals surface area contributed by atoms with Crippen LogP contribution in [0.3, 0.4) is 0 Å². The number of hydrogen-bond donors (Lipinski definition) is 0. The molecule has 0 amide bonds. The molecule has 0 fully saturated rings. The van der Waals surface area contributed by atoms with Crippen LogP contribution in [0.4, 0.5) is 13.2 Å². The molecule has 0 aliphatic rings. The maximum absolute atomic E-state index is 14.0. The van der Waals surface area contributed by atoms with Crippen LogP contribution < -0.4 is 4.74 Å². The Labute approximate surface area is 178 Å². The summed E-state index contributed by atoms with van der Waals surface area (Å²) in [5, 5.41) is 1.73. The lowest BCUT2D eigenvalue weighted by Crippen LogP contribution is -1.93. The fourth-order valence-electron chi connectivity index (χ4n) is 3.00. The third kappa shape index (κ3) is 4.71. The zero-order chi connectivity index (χ0) is 21.8. The quantitative estimate of drug-likeness (QED) is 0.345. The van der Waals surface area contributed by atoms with Crippen molar-refractivity contribution >= 4 is 10.8 Å². The molecule has 0 heterocycles. The fraction of sp³-hybridized carbons (Fsp3) is 0.0370. The van der Waals surface area contributed by atoms with Crippen molar-refractivity contribution in [3.63, 3.8) is 0 Å². The lowest BCUT2D eigenvalue weighted by atomic mass is 10.1. The highest BCUT2D eigenvalue weighted by Gasteiger charge is 2.09. The minimum atomic E-state index is -0.773. The standard InChI is InChI=1S/C27H15F3O/c1-31-24-16-26(29)25(27(30)17-24)13-9-19-4-2-18(3-5-19)6-7-20-8-10-22-15-23(28)12-11-21(22)14-20/h2-5,8,10-12,14-17H,1H3.